The molecule has 2 aromatic carbocycles. The Labute approximate surface area is 165 Å². The number of ether oxygens (including phenoxy) is 3. The summed E-state index contributed by atoms with van der Waals surface area (Å²) in [4.78, 5) is 2.54. The van der Waals surface area contributed by atoms with Crippen LogP contribution >= 0.6 is 0 Å². The van der Waals surface area contributed by atoms with E-state index < -0.39 is 10.0 Å². The molecule has 0 bridgehead atoms. The van der Waals surface area contributed by atoms with E-state index in [2.05, 4.69) is 9.62 Å². The predicted molar refractivity (Wildman–Crippen MR) is 104 cm³/mol. The Bertz CT molecular complexity index is 924. The molecular formula is C20H24N2O5S. The zero-order chi connectivity index (χ0) is 19.6. The highest BCUT2D eigenvalue weighted by Gasteiger charge is 2.27. The van der Waals surface area contributed by atoms with Gasteiger partial charge in [0.15, 0.2) is 11.5 Å². The zero-order valence-corrected chi connectivity index (χ0v) is 16.6. The third kappa shape index (κ3) is 3.94. The Kier molecular flexibility index (Phi) is 5.43. The van der Waals surface area contributed by atoms with Crippen LogP contribution in [0.4, 0.5) is 0 Å². The van der Waals surface area contributed by atoms with Crippen LogP contribution in [0, 0.1) is 0 Å². The summed E-state index contributed by atoms with van der Waals surface area (Å²) in [5, 5.41) is 0. The lowest BCUT2D eigenvalue weighted by Gasteiger charge is -2.28. The maximum absolute atomic E-state index is 12.8. The topological polar surface area (TPSA) is 77.1 Å². The molecule has 2 aromatic rings. The van der Waals surface area contributed by atoms with Gasteiger partial charge in [0.05, 0.1) is 12.0 Å². The van der Waals surface area contributed by atoms with Gasteiger partial charge in [-0.25, -0.2) is 13.1 Å². The van der Waals surface area contributed by atoms with E-state index in [-0.39, 0.29) is 24.3 Å². The summed E-state index contributed by atoms with van der Waals surface area (Å²) in [5.74, 6) is 2.05. The van der Waals surface area contributed by atoms with Gasteiger partial charge in [-0.1, -0.05) is 6.07 Å². The monoisotopic (exact) mass is 404 g/mol. The predicted octanol–water partition coefficient (Wildman–Crippen LogP) is 2.54. The molecule has 2 heterocycles. The van der Waals surface area contributed by atoms with Gasteiger partial charge in [0, 0.05) is 12.6 Å². The molecule has 0 aliphatic carbocycles. The Balaban J connectivity index is 1.54. The second-order valence-electron chi connectivity index (χ2n) is 6.90. The van der Waals surface area contributed by atoms with Crippen LogP contribution in [0.3, 0.4) is 0 Å². The van der Waals surface area contributed by atoms with E-state index >= 15 is 0 Å². The number of rotatable bonds is 7. The average Bonchev–Trinajstić information content (AvgIpc) is 3.40. The molecule has 2 aliphatic heterocycles. The average molecular weight is 404 g/mol. The van der Waals surface area contributed by atoms with Crippen LogP contribution in [0.15, 0.2) is 47.4 Å². The van der Waals surface area contributed by atoms with Crippen molar-refractivity contribution in [3.05, 3.63) is 48.0 Å². The van der Waals surface area contributed by atoms with E-state index in [1.54, 1.807) is 31.4 Å². The summed E-state index contributed by atoms with van der Waals surface area (Å²) < 4.78 is 44.3. The molecule has 4 rings (SSSR count). The Morgan fingerprint density at radius 2 is 1.79 bits per heavy atom. The molecule has 0 radical (unpaired) electrons. The molecule has 1 saturated heterocycles. The first-order chi connectivity index (χ1) is 13.6. The molecule has 8 heteroatoms. The van der Waals surface area contributed by atoms with Crippen LogP contribution in [0.1, 0.15) is 24.4 Å². The number of hydrogen-bond donors (Lipinski definition) is 1. The van der Waals surface area contributed by atoms with E-state index in [4.69, 9.17) is 14.2 Å². The van der Waals surface area contributed by atoms with Crippen molar-refractivity contribution in [1.82, 2.24) is 9.62 Å². The molecule has 150 valence electrons. The molecule has 0 saturated carbocycles. The van der Waals surface area contributed by atoms with Crippen molar-refractivity contribution >= 4 is 10.0 Å². The van der Waals surface area contributed by atoms with Crippen molar-refractivity contribution in [2.45, 2.75) is 23.8 Å². The third-order valence-corrected chi connectivity index (χ3v) is 6.64. The minimum absolute atomic E-state index is 0.0648. The van der Waals surface area contributed by atoms with Crippen LogP contribution in [-0.2, 0) is 10.0 Å². The lowest BCUT2D eigenvalue weighted by molar-refractivity contribution is 0.173. The van der Waals surface area contributed by atoms with Gasteiger partial charge in [-0.2, -0.15) is 0 Å². The van der Waals surface area contributed by atoms with Crippen molar-refractivity contribution < 1.29 is 22.6 Å². The standard InChI is InChI=1S/C20H24N2O5S/c1-25-16-5-7-17(8-6-16)28(23,24)21-13-18(22-10-2-3-11-22)15-4-9-19-20(12-15)27-14-26-19/h4-9,12,18,21H,2-3,10-11,13-14H2,1H3/t18-/m0/s1. The molecule has 2 aliphatic rings. The van der Waals surface area contributed by atoms with E-state index in [1.165, 1.54) is 0 Å². The van der Waals surface area contributed by atoms with Crippen LogP contribution in [-0.4, -0.2) is 46.9 Å². The first-order valence-corrected chi connectivity index (χ1v) is 10.8. The first kappa shape index (κ1) is 19.0. The summed E-state index contributed by atoms with van der Waals surface area (Å²) in [7, 11) is -2.07. The van der Waals surface area contributed by atoms with Crippen molar-refractivity contribution in [3.63, 3.8) is 0 Å². The zero-order valence-electron chi connectivity index (χ0n) is 15.8. The molecule has 0 amide bonds. The van der Waals surface area contributed by atoms with Gasteiger partial charge in [-0.05, 0) is 67.9 Å². The third-order valence-electron chi connectivity index (χ3n) is 5.20. The van der Waals surface area contributed by atoms with Gasteiger partial charge in [0.1, 0.15) is 5.75 Å². The number of benzene rings is 2. The van der Waals surface area contributed by atoms with E-state index in [1.807, 2.05) is 18.2 Å². The van der Waals surface area contributed by atoms with Crippen molar-refractivity contribution in [2.24, 2.45) is 0 Å². The Morgan fingerprint density at radius 1 is 1.07 bits per heavy atom. The second kappa shape index (κ2) is 7.98. The number of fused-ring (bicyclic) bond motifs is 1. The second-order valence-corrected chi connectivity index (χ2v) is 8.67. The number of hydrogen-bond acceptors (Lipinski definition) is 6. The fourth-order valence-corrected chi connectivity index (χ4v) is 4.70. The first-order valence-electron chi connectivity index (χ1n) is 9.34. The Morgan fingerprint density at radius 3 is 2.50 bits per heavy atom. The van der Waals surface area contributed by atoms with Gasteiger partial charge < -0.3 is 14.2 Å². The van der Waals surface area contributed by atoms with E-state index in [9.17, 15) is 8.42 Å². The molecular weight excluding hydrogens is 380 g/mol. The molecule has 0 aromatic heterocycles. The largest absolute Gasteiger partial charge is 0.497 e. The minimum Gasteiger partial charge on any atom is -0.497 e. The summed E-state index contributed by atoms with van der Waals surface area (Å²) in [6.45, 7) is 2.40. The number of nitrogens with zero attached hydrogens (tertiary/aromatic N) is 1. The maximum atomic E-state index is 12.8. The van der Waals surface area contributed by atoms with Gasteiger partial charge in [0.2, 0.25) is 16.8 Å². The van der Waals surface area contributed by atoms with Gasteiger partial charge in [-0.15, -0.1) is 0 Å². The van der Waals surface area contributed by atoms with Crippen LogP contribution in [0.5, 0.6) is 17.2 Å². The summed E-state index contributed by atoms with van der Waals surface area (Å²) in [5.41, 5.74) is 1.02. The Hall–Kier alpha value is -2.29. The number of nitrogens with one attached hydrogen (secondary N) is 1. The van der Waals surface area contributed by atoms with E-state index in [0.29, 0.717) is 11.5 Å². The molecule has 7 nitrogen and oxygen atoms in total. The van der Waals surface area contributed by atoms with Crippen molar-refractivity contribution in [2.75, 3.05) is 33.5 Å². The smallest absolute Gasteiger partial charge is 0.240 e. The van der Waals surface area contributed by atoms with Crippen molar-refractivity contribution in [3.8, 4) is 17.2 Å². The van der Waals surface area contributed by atoms with Crippen molar-refractivity contribution in [1.29, 1.82) is 0 Å². The van der Waals surface area contributed by atoms with Gasteiger partial charge in [0.25, 0.3) is 0 Å². The SMILES string of the molecule is COc1ccc(S(=O)(=O)NC[C@@H](c2ccc3c(c2)OCO3)N2CCCC2)cc1. The quantitative estimate of drug-likeness (QED) is 0.764. The molecule has 1 N–H and O–H groups in total. The minimum atomic E-state index is -3.62. The van der Waals surface area contributed by atoms with Crippen LogP contribution < -0.4 is 18.9 Å². The number of sulfonamides is 1. The maximum Gasteiger partial charge on any atom is 0.240 e. The van der Waals surface area contributed by atoms with Crippen LogP contribution in [0.2, 0.25) is 0 Å². The highest BCUT2D eigenvalue weighted by atomic mass is 32.2. The summed E-state index contributed by atoms with van der Waals surface area (Å²) in [6.07, 6.45) is 2.23. The molecule has 1 atom stereocenters. The summed E-state index contributed by atoms with van der Waals surface area (Å²) >= 11 is 0. The van der Waals surface area contributed by atoms with E-state index in [0.717, 1.165) is 37.2 Å². The lowest BCUT2D eigenvalue weighted by atomic mass is 10.1. The molecule has 0 spiro atoms. The van der Waals surface area contributed by atoms with Gasteiger partial charge >= 0.3 is 0 Å². The normalized spacial score (nSPS) is 17.6. The van der Waals surface area contributed by atoms with Gasteiger partial charge in [-0.3, -0.25) is 4.90 Å². The lowest BCUT2D eigenvalue weighted by Crippen LogP contribution is -2.36. The molecule has 28 heavy (non-hydrogen) atoms. The molecule has 1 fully saturated rings. The number of likely N-dealkylation sites (tertiary alicyclic amines) is 1. The number of methoxy groups -OCH3 is 1. The fourth-order valence-electron chi connectivity index (χ4n) is 3.66. The highest BCUT2D eigenvalue weighted by molar-refractivity contribution is 7.89. The summed E-state index contributed by atoms with van der Waals surface area (Å²) in [6, 6.07) is 12.1. The molecule has 0 unspecified atom stereocenters. The van der Waals surface area contributed by atoms with Crippen LogP contribution in [0.25, 0.3) is 0 Å². The highest BCUT2D eigenvalue weighted by Crippen LogP contribution is 2.36. The fraction of sp³-hybridized carbons (Fsp3) is 0.400.